The zero-order valence-corrected chi connectivity index (χ0v) is 10.8. The molecule has 0 bridgehead atoms. The van der Waals surface area contributed by atoms with Crippen molar-refractivity contribution in [2.75, 3.05) is 0 Å². The predicted molar refractivity (Wildman–Crippen MR) is 75.0 cm³/mol. The summed E-state index contributed by atoms with van der Waals surface area (Å²) in [6.07, 6.45) is 0. The molecule has 0 unspecified atom stereocenters. The van der Waals surface area contributed by atoms with Gasteiger partial charge in [0, 0.05) is 16.6 Å². The Kier molecular flexibility index (Phi) is 3.51. The quantitative estimate of drug-likeness (QED) is 0.707. The molecule has 1 aromatic heterocycles. The fourth-order valence-electron chi connectivity index (χ4n) is 1.91. The molecule has 7 heteroatoms. The van der Waals surface area contributed by atoms with Gasteiger partial charge < -0.3 is 14.5 Å². The van der Waals surface area contributed by atoms with Crippen molar-refractivity contribution >= 4 is 12.6 Å². The molecule has 3 aromatic rings. The summed E-state index contributed by atoms with van der Waals surface area (Å²) in [6.45, 7) is 0. The van der Waals surface area contributed by atoms with Crippen molar-refractivity contribution in [1.29, 1.82) is 0 Å². The largest absolute Gasteiger partial charge is 0.491 e. The summed E-state index contributed by atoms with van der Waals surface area (Å²) in [5, 5.41) is 25.7. The summed E-state index contributed by atoms with van der Waals surface area (Å²) >= 11 is 0. The van der Waals surface area contributed by atoms with Gasteiger partial charge in [0.15, 0.2) is 0 Å². The molecule has 2 aromatic carbocycles. The Balaban J connectivity index is 1.95. The molecule has 0 amide bonds. The molecular weight excluding hydrogens is 274 g/mol. The van der Waals surface area contributed by atoms with Crippen LogP contribution in [0.1, 0.15) is 0 Å². The van der Waals surface area contributed by atoms with E-state index in [1.807, 2.05) is 30.3 Å². The van der Waals surface area contributed by atoms with Crippen LogP contribution in [-0.4, -0.2) is 27.4 Å². The Morgan fingerprint density at radius 2 is 1.57 bits per heavy atom. The molecule has 0 fully saturated rings. The summed E-state index contributed by atoms with van der Waals surface area (Å²) in [7, 11) is -1.86. The molecule has 0 radical (unpaired) electrons. The molecule has 0 saturated heterocycles. The Morgan fingerprint density at radius 3 is 2.19 bits per heavy atom. The molecule has 0 aliphatic carbocycles. The second-order valence-electron chi connectivity index (χ2n) is 4.39. The highest BCUT2D eigenvalue weighted by Crippen LogP contribution is 2.23. The molecular formula is C14H10BFN2O3. The Labute approximate surface area is 119 Å². The van der Waals surface area contributed by atoms with Gasteiger partial charge in [-0.05, 0) is 24.3 Å². The minimum atomic E-state index is -1.86. The van der Waals surface area contributed by atoms with Crippen LogP contribution in [0.4, 0.5) is 4.39 Å². The number of hydrogen-bond acceptors (Lipinski definition) is 5. The minimum Gasteiger partial charge on any atom is -0.423 e. The third-order valence-electron chi connectivity index (χ3n) is 2.97. The molecule has 0 spiro atoms. The van der Waals surface area contributed by atoms with Gasteiger partial charge in [0.1, 0.15) is 5.82 Å². The fourth-order valence-corrected chi connectivity index (χ4v) is 1.91. The van der Waals surface area contributed by atoms with E-state index in [-0.39, 0.29) is 11.4 Å². The third kappa shape index (κ3) is 2.69. The molecule has 5 nitrogen and oxygen atoms in total. The molecule has 0 saturated carbocycles. The maximum Gasteiger partial charge on any atom is 0.491 e. The number of aromatic nitrogens is 2. The van der Waals surface area contributed by atoms with Gasteiger partial charge in [-0.3, -0.25) is 0 Å². The smallest absolute Gasteiger partial charge is 0.423 e. The van der Waals surface area contributed by atoms with Crippen LogP contribution in [0.5, 0.6) is 0 Å². The van der Waals surface area contributed by atoms with Crippen LogP contribution in [0, 0.1) is 5.82 Å². The summed E-state index contributed by atoms with van der Waals surface area (Å²) < 4.78 is 19.2. The second kappa shape index (κ2) is 5.47. The normalized spacial score (nSPS) is 10.6. The SMILES string of the molecule is OB(O)c1ccc(-c2nnc(-c3ccccc3)o2)cc1F. The average Bonchev–Trinajstić information content (AvgIpc) is 2.97. The minimum absolute atomic E-state index is 0.159. The van der Waals surface area contributed by atoms with Crippen LogP contribution >= 0.6 is 0 Å². The van der Waals surface area contributed by atoms with Gasteiger partial charge >= 0.3 is 7.12 Å². The summed E-state index contributed by atoms with van der Waals surface area (Å²) in [4.78, 5) is 0. The van der Waals surface area contributed by atoms with Crippen molar-refractivity contribution < 1.29 is 18.9 Å². The monoisotopic (exact) mass is 284 g/mol. The first kappa shape index (κ1) is 13.5. The molecule has 104 valence electrons. The van der Waals surface area contributed by atoms with Crippen molar-refractivity contribution in [3.8, 4) is 22.9 Å². The molecule has 0 atom stereocenters. The van der Waals surface area contributed by atoms with Crippen LogP contribution in [0.25, 0.3) is 22.9 Å². The van der Waals surface area contributed by atoms with Crippen molar-refractivity contribution in [2.24, 2.45) is 0 Å². The molecule has 1 heterocycles. The molecule has 3 rings (SSSR count). The first-order chi connectivity index (χ1) is 10.1. The van der Waals surface area contributed by atoms with E-state index in [1.54, 1.807) is 0 Å². The number of hydrogen-bond donors (Lipinski definition) is 2. The lowest BCUT2D eigenvalue weighted by atomic mass is 9.79. The molecule has 0 aliphatic rings. The van der Waals surface area contributed by atoms with Crippen molar-refractivity contribution in [3.63, 3.8) is 0 Å². The van der Waals surface area contributed by atoms with E-state index in [0.717, 1.165) is 11.6 Å². The van der Waals surface area contributed by atoms with Gasteiger partial charge in [-0.25, -0.2) is 4.39 Å². The summed E-state index contributed by atoms with van der Waals surface area (Å²) in [6, 6.07) is 13.1. The van der Waals surface area contributed by atoms with Gasteiger partial charge in [0.05, 0.1) is 0 Å². The lowest BCUT2D eigenvalue weighted by Crippen LogP contribution is -2.32. The van der Waals surface area contributed by atoms with E-state index in [0.29, 0.717) is 11.5 Å². The summed E-state index contributed by atoms with van der Waals surface area (Å²) in [5.41, 5.74) is 0.923. The van der Waals surface area contributed by atoms with Gasteiger partial charge in [0.25, 0.3) is 0 Å². The third-order valence-corrected chi connectivity index (χ3v) is 2.97. The highest BCUT2D eigenvalue weighted by Gasteiger charge is 2.18. The van der Waals surface area contributed by atoms with E-state index in [1.165, 1.54) is 12.1 Å². The van der Waals surface area contributed by atoms with Crippen molar-refractivity contribution in [1.82, 2.24) is 10.2 Å². The van der Waals surface area contributed by atoms with Crippen LogP contribution in [-0.2, 0) is 0 Å². The molecule has 0 aliphatic heterocycles. The topological polar surface area (TPSA) is 79.4 Å². The van der Waals surface area contributed by atoms with Crippen molar-refractivity contribution in [2.45, 2.75) is 0 Å². The highest BCUT2D eigenvalue weighted by molar-refractivity contribution is 6.58. The van der Waals surface area contributed by atoms with E-state index >= 15 is 0 Å². The van der Waals surface area contributed by atoms with Crippen LogP contribution < -0.4 is 5.46 Å². The van der Waals surface area contributed by atoms with Crippen LogP contribution in [0.2, 0.25) is 0 Å². The van der Waals surface area contributed by atoms with Gasteiger partial charge in [-0.15, -0.1) is 10.2 Å². The zero-order chi connectivity index (χ0) is 14.8. The lowest BCUT2D eigenvalue weighted by Gasteiger charge is -2.02. The fraction of sp³-hybridized carbons (Fsp3) is 0. The Hall–Kier alpha value is -2.51. The maximum atomic E-state index is 13.7. The zero-order valence-electron chi connectivity index (χ0n) is 10.8. The highest BCUT2D eigenvalue weighted by atomic mass is 19.1. The summed E-state index contributed by atoms with van der Waals surface area (Å²) in [5.74, 6) is -0.258. The molecule has 2 N–H and O–H groups in total. The van der Waals surface area contributed by atoms with Gasteiger partial charge in [-0.2, -0.15) is 0 Å². The predicted octanol–water partition coefficient (Wildman–Crippen LogP) is 1.22. The average molecular weight is 284 g/mol. The van der Waals surface area contributed by atoms with E-state index in [4.69, 9.17) is 14.5 Å². The first-order valence-corrected chi connectivity index (χ1v) is 6.20. The number of benzene rings is 2. The maximum absolute atomic E-state index is 13.7. The van der Waals surface area contributed by atoms with Crippen molar-refractivity contribution in [3.05, 3.63) is 54.3 Å². The van der Waals surface area contributed by atoms with Gasteiger partial charge in [0.2, 0.25) is 11.8 Å². The Bertz CT molecular complexity index is 762. The number of halogens is 1. The van der Waals surface area contributed by atoms with Crippen LogP contribution in [0.15, 0.2) is 52.9 Å². The van der Waals surface area contributed by atoms with E-state index in [2.05, 4.69) is 10.2 Å². The van der Waals surface area contributed by atoms with E-state index in [9.17, 15) is 4.39 Å². The second-order valence-corrected chi connectivity index (χ2v) is 4.39. The van der Waals surface area contributed by atoms with Crippen LogP contribution in [0.3, 0.4) is 0 Å². The Morgan fingerprint density at radius 1 is 0.905 bits per heavy atom. The number of rotatable bonds is 3. The number of nitrogens with zero attached hydrogens (tertiary/aromatic N) is 2. The molecule has 21 heavy (non-hydrogen) atoms. The first-order valence-electron chi connectivity index (χ1n) is 6.20. The standard InChI is InChI=1S/C14H10BFN2O3/c16-12-8-10(6-7-11(12)15(19)20)14-18-17-13(21-14)9-4-2-1-3-5-9/h1-8,19-20H. The lowest BCUT2D eigenvalue weighted by molar-refractivity contribution is 0.423. The van der Waals surface area contributed by atoms with Gasteiger partial charge in [-0.1, -0.05) is 24.3 Å². The van der Waals surface area contributed by atoms with E-state index < -0.39 is 12.9 Å².